The van der Waals surface area contributed by atoms with Crippen molar-refractivity contribution in [1.29, 1.82) is 0 Å². The van der Waals surface area contributed by atoms with Crippen molar-refractivity contribution in [2.24, 2.45) is 5.73 Å². The van der Waals surface area contributed by atoms with E-state index in [1.807, 2.05) is 12.1 Å². The summed E-state index contributed by atoms with van der Waals surface area (Å²) in [6, 6.07) is 5.83. The fourth-order valence-corrected chi connectivity index (χ4v) is 1.62. The summed E-state index contributed by atoms with van der Waals surface area (Å²) in [5.74, 6) is -1.77. The van der Waals surface area contributed by atoms with Crippen LogP contribution in [-0.4, -0.2) is 29.2 Å². The summed E-state index contributed by atoms with van der Waals surface area (Å²) >= 11 is 0. The third-order valence-electron chi connectivity index (χ3n) is 3.07. The smallest absolute Gasteiger partial charge is 0.338 e. The predicted molar refractivity (Wildman–Crippen MR) is 75.6 cm³/mol. The first-order chi connectivity index (χ1) is 9.12. The van der Waals surface area contributed by atoms with E-state index >= 15 is 0 Å². The Morgan fingerprint density at radius 1 is 1.20 bits per heavy atom. The highest BCUT2D eigenvalue weighted by atomic mass is 16.5. The number of aliphatic carboxylic acids is 1. The van der Waals surface area contributed by atoms with E-state index in [0.29, 0.717) is 5.56 Å². The van der Waals surface area contributed by atoms with Crippen molar-refractivity contribution >= 4 is 11.9 Å². The van der Waals surface area contributed by atoms with Crippen LogP contribution in [0, 0.1) is 0 Å². The number of ether oxygens (including phenoxy) is 1. The standard InChI is InChI=1S/C15H21NO4/c1-9(12(16)13(17)18)20-14(19)10-5-7-11(8-6-10)15(2,3)4/h5-9,12H,16H2,1-4H3,(H,17,18)/t9-,12+/m1/s1. The maximum atomic E-state index is 11.9. The number of hydrogen-bond donors (Lipinski definition) is 2. The first-order valence-electron chi connectivity index (χ1n) is 6.43. The van der Waals surface area contributed by atoms with Crippen LogP contribution in [0.25, 0.3) is 0 Å². The highest BCUT2D eigenvalue weighted by Crippen LogP contribution is 2.22. The quantitative estimate of drug-likeness (QED) is 0.822. The van der Waals surface area contributed by atoms with Crippen molar-refractivity contribution in [2.45, 2.75) is 45.3 Å². The van der Waals surface area contributed by atoms with Gasteiger partial charge in [-0.3, -0.25) is 4.79 Å². The fourth-order valence-electron chi connectivity index (χ4n) is 1.62. The second-order valence-corrected chi connectivity index (χ2v) is 5.80. The van der Waals surface area contributed by atoms with E-state index in [2.05, 4.69) is 20.8 Å². The normalized spacial score (nSPS) is 14.4. The fraction of sp³-hybridized carbons (Fsp3) is 0.467. The van der Waals surface area contributed by atoms with Crippen LogP contribution >= 0.6 is 0 Å². The summed E-state index contributed by atoms with van der Waals surface area (Å²) in [6.45, 7) is 7.69. The van der Waals surface area contributed by atoms with Gasteiger partial charge in [0, 0.05) is 0 Å². The minimum absolute atomic E-state index is 0.00138. The van der Waals surface area contributed by atoms with E-state index in [1.54, 1.807) is 12.1 Å². The molecule has 5 nitrogen and oxygen atoms in total. The van der Waals surface area contributed by atoms with Crippen LogP contribution in [0.5, 0.6) is 0 Å². The van der Waals surface area contributed by atoms with Gasteiger partial charge in [0.25, 0.3) is 0 Å². The number of esters is 1. The largest absolute Gasteiger partial charge is 0.480 e. The molecule has 5 heteroatoms. The van der Waals surface area contributed by atoms with Crippen LogP contribution in [0.1, 0.15) is 43.6 Å². The summed E-state index contributed by atoms with van der Waals surface area (Å²) in [7, 11) is 0. The van der Waals surface area contributed by atoms with Gasteiger partial charge < -0.3 is 15.6 Å². The Labute approximate surface area is 118 Å². The van der Waals surface area contributed by atoms with Crippen molar-refractivity contribution in [3.8, 4) is 0 Å². The summed E-state index contributed by atoms with van der Waals surface area (Å²) in [4.78, 5) is 22.6. The average Bonchev–Trinajstić information content (AvgIpc) is 2.36. The van der Waals surface area contributed by atoms with Crippen LogP contribution in [0.15, 0.2) is 24.3 Å². The molecule has 20 heavy (non-hydrogen) atoms. The number of carbonyl (C=O) groups is 2. The Hall–Kier alpha value is -1.88. The minimum Gasteiger partial charge on any atom is -0.480 e. The van der Waals surface area contributed by atoms with Crippen molar-refractivity contribution in [3.05, 3.63) is 35.4 Å². The molecule has 0 unspecified atom stereocenters. The lowest BCUT2D eigenvalue weighted by molar-refractivity contribution is -0.140. The number of hydrogen-bond acceptors (Lipinski definition) is 4. The second-order valence-electron chi connectivity index (χ2n) is 5.80. The summed E-state index contributed by atoms with van der Waals surface area (Å²) in [6.07, 6.45) is -0.887. The lowest BCUT2D eigenvalue weighted by Gasteiger charge is -2.20. The molecule has 0 aliphatic rings. The van der Waals surface area contributed by atoms with Gasteiger partial charge in [0.15, 0.2) is 0 Å². The molecule has 110 valence electrons. The molecular weight excluding hydrogens is 258 g/mol. The van der Waals surface area contributed by atoms with Gasteiger partial charge in [0.1, 0.15) is 12.1 Å². The van der Waals surface area contributed by atoms with E-state index in [-0.39, 0.29) is 5.41 Å². The summed E-state index contributed by atoms with van der Waals surface area (Å²) in [5.41, 5.74) is 6.87. The molecule has 0 spiro atoms. The van der Waals surface area contributed by atoms with E-state index in [0.717, 1.165) is 5.56 Å². The van der Waals surface area contributed by atoms with Gasteiger partial charge in [-0.05, 0) is 30.0 Å². The monoisotopic (exact) mass is 279 g/mol. The predicted octanol–water partition coefficient (Wildman–Crippen LogP) is 1.94. The van der Waals surface area contributed by atoms with Crippen LogP contribution in [0.2, 0.25) is 0 Å². The number of carboxylic acid groups (broad SMARTS) is 1. The molecule has 1 rings (SSSR count). The van der Waals surface area contributed by atoms with E-state index in [1.165, 1.54) is 6.92 Å². The molecule has 3 N–H and O–H groups in total. The third-order valence-corrected chi connectivity index (χ3v) is 3.07. The van der Waals surface area contributed by atoms with Crippen molar-refractivity contribution < 1.29 is 19.4 Å². The molecule has 0 aliphatic carbocycles. The SMILES string of the molecule is C[C@@H](OC(=O)c1ccc(C(C)(C)C)cc1)[C@H](N)C(=O)O. The highest BCUT2D eigenvalue weighted by molar-refractivity contribution is 5.90. The molecule has 0 fully saturated rings. The highest BCUT2D eigenvalue weighted by Gasteiger charge is 2.24. The molecule has 0 saturated heterocycles. The van der Waals surface area contributed by atoms with E-state index in [9.17, 15) is 9.59 Å². The molecule has 0 saturated carbocycles. The van der Waals surface area contributed by atoms with E-state index in [4.69, 9.17) is 15.6 Å². The molecule has 0 aromatic heterocycles. The van der Waals surface area contributed by atoms with Crippen LogP contribution in [-0.2, 0) is 14.9 Å². The maximum Gasteiger partial charge on any atom is 0.338 e. The number of nitrogens with two attached hydrogens (primary N) is 1. The van der Waals surface area contributed by atoms with Crippen LogP contribution in [0.3, 0.4) is 0 Å². The van der Waals surface area contributed by atoms with Gasteiger partial charge in [-0.2, -0.15) is 0 Å². The van der Waals surface area contributed by atoms with Gasteiger partial charge in [-0.15, -0.1) is 0 Å². The molecule has 0 heterocycles. The third kappa shape index (κ3) is 4.06. The first kappa shape index (κ1) is 16.2. The summed E-state index contributed by atoms with van der Waals surface area (Å²) < 4.78 is 5.04. The van der Waals surface area contributed by atoms with Crippen LogP contribution < -0.4 is 5.73 Å². The zero-order valence-corrected chi connectivity index (χ0v) is 12.2. The van der Waals surface area contributed by atoms with Gasteiger partial charge in [-0.25, -0.2) is 4.79 Å². The Kier molecular flexibility index (Phi) is 4.89. The molecule has 0 bridgehead atoms. The van der Waals surface area contributed by atoms with Gasteiger partial charge in [0.05, 0.1) is 5.56 Å². The number of rotatable bonds is 4. The molecule has 0 aliphatic heterocycles. The van der Waals surface area contributed by atoms with Gasteiger partial charge >= 0.3 is 11.9 Å². The Morgan fingerprint density at radius 3 is 2.10 bits per heavy atom. The van der Waals surface area contributed by atoms with Gasteiger partial charge in [0.2, 0.25) is 0 Å². The summed E-state index contributed by atoms with van der Waals surface area (Å²) in [5, 5.41) is 8.75. The Balaban J connectivity index is 2.76. The molecule has 1 aromatic rings. The molecule has 0 radical (unpaired) electrons. The van der Waals surface area contributed by atoms with Crippen molar-refractivity contribution in [1.82, 2.24) is 0 Å². The van der Waals surface area contributed by atoms with Crippen molar-refractivity contribution in [2.75, 3.05) is 0 Å². The molecule has 1 aromatic carbocycles. The van der Waals surface area contributed by atoms with Gasteiger partial charge in [-0.1, -0.05) is 32.9 Å². The zero-order valence-electron chi connectivity index (χ0n) is 12.2. The number of carboxylic acids is 1. The van der Waals surface area contributed by atoms with Crippen LogP contribution in [0.4, 0.5) is 0 Å². The van der Waals surface area contributed by atoms with Crippen molar-refractivity contribution in [3.63, 3.8) is 0 Å². The lowest BCUT2D eigenvalue weighted by atomic mass is 9.87. The number of carbonyl (C=O) groups excluding carboxylic acids is 1. The number of benzene rings is 1. The zero-order chi connectivity index (χ0) is 15.5. The second kappa shape index (κ2) is 6.05. The Bertz CT molecular complexity index is 488. The average molecular weight is 279 g/mol. The maximum absolute atomic E-state index is 11.9. The minimum atomic E-state index is -1.23. The first-order valence-corrected chi connectivity index (χ1v) is 6.43. The van der Waals surface area contributed by atoms with E-state index < -0.39 is 24.1 Å². The Morgan fingerprint density at radius 2 is 1.70 bits per heavy atom. The molecule has 0 amide bonds. The lowest BCUT2D eigenvalue weighted by Crippen LogP contribution is -2.42. The molecular formula is C15H21NO4. The molecule has 2 atom stereocenters. The topological polar surface area (TPSA) is 89.6 Å².